The Hall–Kier alpha value is -1.75. The van der Waals surface area contributed by atoms with Crippen LogP contribution in [0.4, 0.5) is 0 Å². The fraction of sp³-hybridized carbons (Fsp3) is 0.364. The van der Waals surface area contributed by atoms with Gasteiger partial charge in [-0.3, -0.25) is 0 Å². The Labute approximate surface area is 92.2 Å². The molecule has 16 heavy (non-hydrogen) atoms. The third-order valence-electron chi connectivity index (χ3n) is 2.50. The maximum Gasteiger partial charge on any atom is 0.231 e. The highest BCUT2D eigenvalue weighted by molar-refractivity contribution is 5.76. The minimum atomic E-state index is -1.22. The fourth-order valence-corrected chi connectivity index (χ4v) is 1.76. The summed E-state index contributed by atoms with van der Waals surface area (Å²) in [5.41, 5.74) is 0.490. The topological polar surface area (TPSA) is 78.8 Å². The van der Waals surface area contributed by atoms with E-state index in [1.807, 2.05) is 0 Å². The summed E-state index contributed by atoms with van der Waals surface area (Å²) in [7, 11) is 0. The Bertz CT molecular complexity index is 401. The van der Waals surface area contributed by atoms with E-state index in [-0.39, 0.29) is 19.8 Å². The molecule has 1 aromatic carbocycles. The number of carbonyl (C=O) groups is 1. The van der Waals surface area contributed by atoms with E-state index in [4.69, 9.17) is 14.6 Å². The van der Waals surface area contributed by atoms with E-state index in [0.29, 0.717) is 17.1 Å². The van der Waals surface area contributed by atoms with Gasteiger partial charge >= 0.3 is 0 Å². The Kier molecular flexibility index (Phi) is 2.96. The van der Waals surface area contributed by atoms with Crippen LogP contribution in [0.3, 0.4) is 0 Å². The van der Waals surface area contributed by atoms with Gasteiger partial charge in [0.15, 0.2) is 11.5 Å². The number of carboxylic acid groups (broad SMARTS) is 1. The lowest BCUT2D eigenvalue weighted by atomic mass is 9.95. The molecule has 5 nitrogen and oxygen atoms in total. The Balaban J connectivity index is 2.38. The Morgan fingerprint density at radius 3 is 3.00 bits per heavy atom. The van der Waals surface area contributed by atoms with Gasteiger partial charge in [0.05, 0.1) is 0 Å². The number of aliphatic hydroxyl groups is 1. The molecule has 0 fully saturated rings. The first-order valence-electron chi connectivity index (χ1n) is 4.94. The zero-order valence-corrected chi connectivity index (χ0v) is 8.51. The molecule has 1 aliphatic rings. The minimum Gasteiger partial charge on any atom is -0.549 e. The van der Waals surface area contributed by atoms with Crippen LogP contribution in [0.25, 0.3) is 0 Å². The second-order valence-corrected chi connectivity index (χ2v) is 3.46. The van der Waals surface area contributed by atoms with Gasteiger partial charge in [-0.15, -0.1) is 0 Å². The number of para-hydroxylation sites is 1. The molecule has 0 saturated carbocycles. The minimum absolute atomic E-state index is 0.0885. The summed E-state index contributed by atoms with van der Waals surface area (Å²) in [5.74, 6) is -1.13. The molecule has 1 N–H and O–H groups in total. The van der Waals surface area contributed by atoms with Crippen LogP contribution in [0.1, 0.15) is 17.9 Å². The first kappa shape index (κ1) is 10.8. The monoisotopic (exact) mass is 223 g/mol. The second-order valence-electron chi connectivity index (χ2n) is 3.46. The van der Waals surface area contributed by atoms with E-state index in [2.05, 4.69) is 0 Å². The molecule has 1 aliphatic heterocycles. The summed E-state index contributed by atoms with van der Waals surface area (Å²) in [6, 6.07) is 5.04. The average Bonchev–Trinajstić information content (AvgIpc) is 2.73. The molecule has 0 aliphatic carbocycles. The molecular formula is C11H11O5-. The van der Waals surface area contributed by atoms with Crippen molar-refractivity contribution in [1.29, 1.82) is 0 Å². The van der Waals surface area contributed by atoms with Crippen molar-refractivity contribution in [2.45, 2.75) is 12.3 Å². The Morgan fingerprint density at radius 1 is 1.50 bits per heavy atom. The van der Waals surface area contributed by atoms with Gasteiger partial charge in [-0.05, 0) is 12.5 Å². The first-order chi connectivity index (χ1) is 7.74. The molecule has 86 valence electrons. The molecule has 0 saturated heterocycles. The number of carboxylic acids is 1. The van der Waals surface area contributed by atoms with Crippen LogP contribution in [0.15, 0.2) is 18.2 Å². The average molecular weight is 223 g/mol. The number of benzene rings is 1. The molecule has 1 unspecified atom stereocenters. The molecule has 0 aromatic heterocycles. The van der Waals surface area contributed by atoms with Crippen molar-refractivity contribution in [2.75, 3.05) is 13.4 Å². The summed E-state index contributed by atoms with van der Waals surface area (Å²) in [4.78, 5) is 11.0. The van der Waals surface area contributed by atoms with Gasteiger partial charge in [-0.1, -0.05) is 12.1 Å². The normalized spacial score (nSPS) is 14.8. The highest BCUT2D eigenvalue weighted by Gasteiger charge is 2.23. The smallest absolute Gasteiger partial charge is 0.231 e. The molecule has 0 bridgehead atoms. The molecule has 5 heteroatoms. The van der Waals surface area contributed by atoms with Crippen LogP contribution in [-0.2, 0) is 4.79 Å². The van der Waals surface area contributed by atoms with Crippen molar-refractivity contribution < 1.29 is 24.5 Å². The summed E-state index contributed by atoms with van der Waals surface area (Å²) in [5, 5.41) is 19.8. The van der Waals surface area contributed by atoms with Crippen molar-refractivity contribution in [3.63, 3.8) is 0 Å². The number of fused-ring (bicyclic) bond motifs is 1. The van der Waals surface area contributed by atoms with Gasteiger partial charge < -0.3 is 24.5 Å². The lowest BCUT2D eigenvalue weighted by molar-refractivity contribution is -0.308. The lowest BCUT2D eigenvalue weighted by Crippen LogP contribution is -2.30. The molecule has 0 spiro atoms. The molecule has 1 aromatic rings. The fourth-order valence-electron chi connectivity index (χ4n) is 1.76. The van der Waals surface area contributed by atoms with Crippen LogP contribution in [-0.4, -0.2) is 24.5 Å². The van der Waals surface area contributed by atoms with Gasteiger partial charge in [-0.2, -0.15) is 0 Å². The van der Waals surface area contributed by atoms with Crippen molar-refractivity contribution in [2.24, 2.45) is 0 Å². The SMILES string of the molecule is O=C([O-])C(CCO)c1cccc2c1OCO2. The lowest BCUT2D eigenvalue weighted by Gasteiger charge is -2.18. The maximum atomic E-state index is 11.0. The third kappa shape index (κ3) is 1.81. The molecule has 0 amide bonds. The van der Waals surface area contributed by atoms with E-state index in [1.54, 1.807) is 18.2 Å². The zero-order chi connectivity index (χ0) is 11.5. The summed E-state index contributed by atoms with van der Waals surface area (Å²) in [6.45, 7) is -0.131. The van der Waals surface area contributed by atoms with Gasteiger partial charge in [-0.25, -0.2) is 0 Å². The second kappa shape index (κ2) is 4.40. The predicted molar refractivity (Wildman–Crippen MR) is 52.0 cm³/mol. The van der Waals surface area contributed by atoms with Gasteiger partial charge in [0.1, 0.15) is 0 Å². The van der Waals surface area contributed by atoms with E-state index >= 15 is 0 Å². The first-order valence-corrected chi connectivity index (χ1v) is 4.94. The van der Waals surface area contributed by atoms with E-state index in [9.17, 15) is 9.90 Å². The van der Waals surface area contributed by atoms with Crippen molar-refractivity contribution in [3.8, 4) is 11.5 Å². The summed E-state index contributed by atoms with van der Waals surface area (Å²) >= 11 is 0. The number of hydrogen-bond donors (Lipinski definition) is 1. The van der Waals surface area contributed by atoms with Crippen LogP contribution in [0.5, 0.6) is 11.5 Å². The standard InChI is InChI=1S/C11H12O5/c12-5-4-8(11(13)14)7-2-1-3-9-10(7)16-6-15-9/h1-3,8,12H,4-6H2,(H,13,14)/p-1. The highest BCUT2D eigenvalue weighted by Crippen LogP contribution is 2.39. The molecule has 2 rings (SSSR count). The third-order valence-corrected chi connectivity index (χ3v) is 2.50. The number of ether oxygens (including phenoxy) is 2. The van der Waals surface area contributed by atoms with Crippen LogP contribution < -0.4 is 14.6 Å². The molecular weight excluding hydrogens is 212 g/mol. The van der Waals surface area contributed by atoms with Crippen molar-refractivity contribution in [3.05, 3.63) is 23.8 Å². The van der Waals surface area contributed by atoms with Gasteiger partial charge in [0.2, 0.25) is 6.79 Å². The maximum absolute atomic E-state index is 11.0. The quantitative estimate of drug-likeness (QED) is 0.753. The van der Waals surface area contributed by atoms with Crippen LogP contribution in [0, 0.1) is 0 Å². The number of hydrogen-bond acceptors (Lipinski definition) is 5. The van der Waals surface area contributed by atoms with Crippen LogP contribution >= 0.6 is 0 Å². The number of aliphatic carboxylic acids is 1. The predicted octanol–water partition coefficient (Wildman–Crippen LogP) is -0.369. The van der Waals surface area contributed by atoms with Crippen molar-refractivity contribution >= 4 is 5.97 Å². The number of rotatable bonds is 4. The van der Waals surface area contributed by atoms with Crippen LogP contribution in [0.2, 0.25) is 0 Å². The molecule has 1 heterocycles. The number of carbonyl (C=O) groups excluding carboxylic acids is 1. The summed E-state index contributed by atoms with van der Waals surface area (Å²) < 4.78 is 10.4. The van der Waals surface area contributed by atoms with E-state index in [0.717, 1.165) is 0 Å². The van der Waals surface area contributed by atoms with Gasteiger partial charge in [0, 0.05) is 24.1 Å². The van der Waals surface area contributed by atoms with E-state index < -0.39 is 11.9 Å². The largest absolute Gasteiger partial charge is 0.549 e. The zero-order valence-electron chi connectivity index (χ0n) is 8.51. The highest BCUT2D eigenvalue weighted by atomic mass is 16.7. The van der Waals surface area contributed by atoms with E-state index in [1.165, 1.54) is 0 Å². The Morgan fingerprint density at radius 2 is 2.31 bits per heavy atom. The molecule has 0 radical (unpaired) electrons. The van der Waals surface area contributed by atoms with Crippen molar-refractivity contribution in [1.82, 2.24) is 0 Å². The molecule has 1 atom stereocenters. The van der Waals surface area contributed by atoms with Gasteiger partial charge in [0.25, 0.3) is 0 Å². The number of aliphatic hydroxyl groups excluding tert-OH is 1. The summed E-state index contributed by atoms with van der Waals surface area (Å²) in [6.07, 6.45) is 0.0994.